The van der Waals surface area contributed by atoms with Crippen molar-refractivity contribution in [2.24, 2.45) is 0 Å². The van der Waals surface area contributed by atoms with Crippen LogP contribution in [0.3, 0.4) is 0 Å². The molecule has 0 spiro atoms. The molecule has 0 saturated heterocycles. The first-order valence-electron chi connectivity index (χ1n) is 10.7. The molecule has 0 amide bonds. The first kappa shape index (κ1) is 21.3. The fourth-order valence-electron chi connectivity index (χ4n) is 4.39. The number of hydrogen-bond donors (Lipinski definition) is 1. The summed E-state index contributed by atoms with van der Waals surface area (Å²) in [4.78, 5) is 2.14. The molecule has 1 atom stereocenters. The van der Waals surface area contributed by atoms with Crippen LogP contribution in [0, 0.1) is 29.3 Å². The highest BCUT2D eigenvalue weighted by molar-refractivity contribution is 5.87. The Hall–Kier alpha value is -3.53. The van der Waals surface area contributed by atoms with Crippen molar-refractivity contribution in [3.8, 4) is 17.5 Å². The molecule has 0 saturated carbocycles. The molecule has 1 N–H and O–H groups in total. The lowest BCUT2D eigenvalue weighted by atomic mass is 10.0. The number of nitrogens with zero attached hydrogens (tertiary/aromatic N) is 2. The molecule has 4 aromatic rings. The Kier molecular flexibility index (Phi) is 5.67. The van der Waals surface area contributed by atoms with E-state index in [1.165, 1.54) is 42.5 Å². The van der Waals surface area contributed by atoms with Gasteiger partial charge in [0.15, 0.2) is 0 Å². The Labute approximate surface area is 189 Å². The standard InChI is InChI=1S/C27H21F3N2O/c28-19-5-3-18(4-6-19)27(33)2-1-14-31-15-13-26-24(17-31)23-16-21(30)9-12-25(23)32(26)22-10-7-20(29)8-11-22/h3-12,16,27,33H,13-15,17H2. The Bertz CT molecular complexity index is 1370. The molecule has 6 heteroatoms. The number of rotatable bonds is 3. The summed E-state index contributed by atoms with van der Waals surface area (Å²) in [7, 11) is 0. The van der Waals surface area contributed by atoms with Crippen LogP contribution in [0.4, 0.5) is 13.2 Å². The SMILES string of the molecule is OC(C#CCN1CCc2c(c3cc(F)ccc3n2-c2ccc(F)cc2)C1)c1ccc(F)cc1. The van der Waals surface area contributed by atoms with Crippen molar-refractivity contribution in [3.63, 3.8) is 0 Å². The van der Waals surface area contributed by atoms with Crippen molar-refractivity contribution >= 4 is 10.9 Å². The summed E-state index contributed by atoms with van der Waals surface area (Å²) in [6, 6.07) is 16.7. The number of fused-ring (bicyclic) bond motifs is 3. The number of benzene rings is 3. The fourth-order valence-corrected chi connectivity index (χ4v) is 4.39. The third-order valence-electron chi connectivity index (χ3n) is 6.00. The normalized spacial score (nSPS) is 14.5. The van der Waals surface area contributed by atoms with E-state index in [9.17, 15) is 18.3 Å². The van der Waals surface area contributed by atoms with Gasteiger partial charge in [0.2, 0.25) is 0 Å². The van der Waals surface area contributed by atoms with Crippen molar-refractivity contribution in [2.45, 2.75) is 19.1 Å². The van der Waals surface area contributed by atoms with Gasteiger partial charge in [0.1, 0.15) is 23.6 Å². The molecule has 0 bridgehead atoms. The second kappa shape index (κ2) is 8.78. The van der Waals surface area contributed by atoms with Crippen LogP contribution in [0.5, 0.6) is 0 Å². The molecule has 5 rings (SSSR count). The number of hydrogen-bond acceptors (Lipinski definition) is 2. The third-order valence-corrected chi connectivity index (χ3v) is 6.00. The first-order chi connectivity index (χ1) is 16.0. The van der Waals surface area contributed by atoms with Gasteiger partial charge in [-0.3, -0.25) is 4.90 Å². The molecule has 3 nitrogen and oxygen atoms in total. The van der Waals surface area contributed by atoms with Crippen LogP contribution < -0.4 is 0 Å². The number of aromatic nitrogens is 1. The number of halogens is 3. The highest BCUT2D eigenvalue weighted by Gasteiger charge is 2.24. The van der Waals surface area contributed by atoms with E-state index in [1.54, 1.807) is 24.3 Å². The highest BCUT2D eigenvalue weighted by atomic mass is 19.1. The van der Waals surface area contributed by atoms with Crippen molar-refractivity contribution in [1.82, 2.24) is 9.47 Å². The number of aliphatic hydroxyl groups excluding tert-OH is 1. The molecule has 166 valence electrons. The van der Waals surface area contributed by atoms with Gasteiger partial charge in [0.05, 0.1) is 12.1 Å². The van der Waals surface area contributed by atoms with Gasteiger partial charge in [-0.25, -0.2) is 13.2 Å². The third kappa shape index (κ3) is 4.25. The molecule has 0 fully saturated rings. The van der Waals surface area contributed by atoms with Crippen molar-refractivity contribution < 1.29 is 18.3 Å². The van der Waals surface area contributed by atoms with E-state index in [1.807, 2.05) is 0 Å². The Balaban J connectivity index is 1.42. The molecule has 1 aliphatic rings. The maximum absolute atomic E-state index is 14.1. The van der Waals surface area contributed by atoms with Gasteiger partial charge in [0.25, 0.3) is 0 Å². The molecule has 1 aliphatic heterocycles. The van der Waals surface area contributed by atoms with Crippen LogP contribution in [-0.2, 0) is 13.0 Å². The molecule has 0 radical (unpaired) electrons. The average molecular weight is 446 g/mol. The molecular weight excluding hydrogens is 425 g/mol. The molecule has 0 aliphatic carbocycles. The van der Waals surface area contributed by atoms with E-state index < -0.39 is 6.10 Å². The van der Waals surface area contributed by atoms with Crippen molar-refractivity contribution in [2.75, 3.05) is 13.1 Å². The van der Waals surface area contributed by atoms with Crippen LogP contribution >= 0.6 is 0 Å². The van der Waals surface area contributed by atoms with E-state index in [0.717, 1.165) is 40.8 Å². The van der Waals surface area contributed by atoms with Crippen LogP contribution in [-0.4, -0.2) is 27.7 Å². The zero-order valence-electron chi connectivity index (χ0n) is 17.7. The summed E-state index contributed by atoms with van der Waals surface area (Å²) < 4.78 is 42.7. The average Bonchev–Trinajstić information content (AvgIpc) is 3.13. The van der Waals surface area contributed by atoms with Gasteiger partial charge < -0.3 is 9.67 Å². The second-order valence-electron chi connectivity index (χ2n) is 8.13. The van der Waals surface area contributed by atoms with E-state index in [0.29, 0.717) is 18.7 Å². The smallest absolute Gasteiger partial charge is 0.140 e. The topological polar surface area (TPSA) is 28.4 Å². The molecule has 1 aromatic heterocycles. The Morgan fingerprint density at radius 2 is 1.55 bits per heavy atom. The fraction of sp³-hybridized carbons (Fsp3) is 0.185. The predicted molar refractivity (Wildman–Crippen MR) is 121 cm³/mol. The minimum absolute atomic E-state index is 0.303. The van der Waals surface area contributed by atoms with E-state index in [-0.39, 0.29) is 17.5 Å². The largest absolute Gasteiger partial charge is 0.376 e. The Morgan fingerprint density at radius 1 is 0.879 bits per heavy atom. The summed E-state index contributed by atoms with van der Waals surface area (Å²) >= 11 is 0. The minimum atomic E-state index is -0.986. The van der Waals surface area contributed by atoms with Crippen LogP contribution in [0.25, 0.3) is 16.6 Å². The highest BCUT2D eigenvalue weighted by Crippen LogP contribution is 2.34. The maximum atomic E-state index is 14.1. The van der Waals surface area contributed by atoms with Crippen LogP contribution in [0.15, 0.2) is 66.7 Å². The van der Waals surface area contributed by atoms with E-state index >= 15 is 0 Å². The van der Waals surface area contributed by atoms with Gasteiger partial charge in [-0.15, -0.1) is 0 Å². The second-order valence-corrected chi connectivity index (χ2v) is 8.13. The summed E-state index contributed by atoms with van der Waals surface area (Å²) in [5.41, 5.74) is 4.37. The quantitative estimate of drug-likeness (QED) is 0.442. The molecule has 33 heavy (non-hydrogen) atoms. The van der Waals surface area contributed by atoms with Crippen LogP contribution in [0.1, 0.15) is 22.9 Å². The zero-order valence-corrected chi connectivity index (χ0v) is 17.7. The monoisotopic (exact) mass is 446 g/mol. The minimum Gasteiger partial charge on any atom is -0.376 e. The zero-order chi connectivity index (χ0) is 22.9. The lowest BCUT2D eigenvalue weighted by molar-refractivity contribution is 0.237. The molecule has 1 unspecified atom stereocenters. The van der Waals surface area contributed by atoms with Crippen molar-refractivity contribution in [3.05, 3.63) is 101 Å². The summed E-state index contributed by atoms with van der Waals surface area (Å²) in [5, 5.41) is 11.1. The molecule has 3 aromatic carbocycles. The number of aliphatic hydroxyl groups is 1. The summed E-state index contributed by atoms with van der Waals surface area (Å²) in [6.45, 7) is 1.77. The van der Waals surface area contributed by atoms with Gasteiger partial charge >= 0.3 is 0 Å². The van der Waals surface area contributed by atoms with Crippen molar-refractivity contribution in [1.29, 1.82) is 0 Å². The van der Waals surface area contributed by atoms with Gasteiger partial charge in [-0.05, 0) is 65.7 Å². The molecular formula is C27H21F3N2O. The first-order valence-corrected chi connectivity index (χ1v) is 10.7. The van der Waals surface area contributed by atoms with Gasteiger partial charge in [-0.2, -0.15) is 0 Å². The van der Waals surface area contributed by atoms with Gasteiger partial charge in [-0.1, -0.05) is 24.0 Å². The lowest BCUT2D eigenvalue weighted by Crippen LogP contribution is -2.31. The van der Waals surface area contributed by atoms with Crippen LogP contribution in [0.2, 0.25) is 0 Å². The molecule has 2 heterocycles. The summed E-state index contributed by atoms with van der Waals surface area (Å²) in [5.74, 6) is 4.86. The van der Waals surface area contributed by atoms with E-state index in [2.05, 4.69) is 21.3 Å². The van der Waals surface area contributed by atoms with Gasteiger partial charge in [0, 0.05) is 36.3 Å². The van der Waals surface area contributed by atoms with E-state index in [4.69, 9.17) is 0 Å². The maximum Gasteiger partial charge on any atom is 0.140 e. The lowest BCUT2D eigenvalue weighted by Gasteiger charge is -2.26. The summed E-state index contributed by atoms with van der Waals surface area (Å²) in [6.07, 6.45) is -0.258. The Morgan fingerprint density at radius 3 is 2.27 bits per heavy atom. The predicted octanol–water partition coefficient (Wildman–Crippen LogP) is 5.14.